The predicted octanol–water partition coefficient (Wildman–Crippen LogP) is 2.99. The summed E-state index contributed by atoms with van der Waals surface area (Å²) in [4.78, 5) is 29.2. The van der Waals surface area contributed by atoms with Crippen LogP contribution in [0.2, 0.25) is 0 Å². The Morgan fingerprint density at radius 3 is 2.48 bits per heavy atom. The lowest BCUT2D eigenvalue weighted by Crippen LogP contribution is -2.27. The number of para-hydroxylation sites is 2. The molecule has 0 aliphatic heterocycles. The Labute approximate surface area is 146 Å². The topological polar surface area (TPSA) is 64.0 Å². The van der Waals surface area contributed by atoms with E-state index in [4.69, 9.17) is 0 Å². The van der Waals surface area contributed by atoms with Gasteiger partial charge in [-0.1, -0.05) is 38.1 Å². The fourth-order valence-electron chi connectivity index (χ4n) is 2.65. The molecule has 0 aliphatic carbocycles. The second kappa shape index (κ2) is 6.89. The molecule has 0 unspecified atom stereocenters. The van der Waals surface area contributed by atoms with Crippen LogP contribution >= 0.6 is 0 Å². The van der Waals surface area contributed by atoms with Crippen molar-refractivity contribution in [2.45, 2.75) is 13.8 Å². The minimum absolute atomic E-state index is 0.111. The second-order valence-corrected chi connectivity index (χ2v) is 6.49. The highest BCUT2D eigenvalue weighted by Gasteiger charge is 2.12. The first-order valence-corrected chi connectivity index (χ1v) is 8.32. The maximum absolute atomic E-state index is 12.6. The van der Waals surface area contributed by atoms with Gasteiger partial charge in [-0.05, 0) is 30.2 Å². The number of benzene rings is 2. The number of hydrogen-bond acceptors (Lipinski definition) is 3. The molecule has 0 bridgehead atoms. The monoisotopic (exact) mass is 335 g/mol. The van der Waals surface area contributed by atoms with E-state index in [1.54, 1.807) is 35.9 Å². The standard InChI is InChI=1S/C20H21N3O2/c1-13(2)12-21-19(24)15-10-8-14(9-11-15)18-20(25)23(3)17-7-5-4-6-16(17)22-18/h4-11,13H,12H2,1-3H3,(H,21,24). The molecule has 1 heterocycles. The molecule has 3 rings (SSSR count). The molecule has 128 valence electrons. The molecule has 1 N–H and O–H groups in total. The molecule has 1 amide bonds. The summed E-state index contributed by atoms with van der Waals surface area (Å²) >= 11 is 0. The van der Waals surface area contributed by atoms with E-state index in [-0.39, 0.29) is 11.5 Å². The zero-order valence-electron chi connectivity index (χ0n) is 14.6. The molecule has 3 aromatic rings. The van der Waals surface area contributed by atoms with Crippen LogP contribution in [0.5, 0.6) is 0 Å². The zero-order chi connectivity index (χ0) is 18.0. The lowest BCUT2D eigenvalue weighted by atomic mass is 10.1. The van der Waals surface area contributed by atoms with Crippen LogP contribution in [-0.4, -0.2) is 22.0 Å². The first-order chi connectivity index (χ1) is 12.0. The van der Waals surface area contributed by atoms with Crippen molar-refractivity contribution in [2.24, 2.45) is 13.0 Å². The van der Waals surface area contributed by atoms with Crippen LogP contribution in [0.4, 0.5) is 0 Å². The third-order valence-electron chi connectivity index (χ3n) is 4.07. The number of fused-ring (bicyclic) bond motifs is 1. The second-order valence-electron chi connectivity index (χ2n) is 6.49. The van der Waals surface area contributed by atoms with Crippen molar-refractivity contribution in [3.8, 4) is 11.3 Å². The molecule has 0 spiro atoms. The summed E-state index contributed by atoms with van der Waals surface area (Å²) < 4.78 is 1.60. The molecule has 0 saturated heterocycles. The van der Waals surface area contributed by atoms with Crippen molar-refractivity contribution in [1.82, 2.24) is 14.9 Å². The van der Waals surface area contributed by atoms with Gasteiger partial charge < -0.3 is 9.88 Å². The first kappa shape index (κ1) is 16.9. The number of amides is 1. The van der Waals surface area contributed by atoms with E-state index in [0.717, 1.165) is 11.0 Å². The molecule has 5 nitrogen and oxygen atoms in total. The van der Waals surface area contributed by atoms with Gasteiger partial charge in [-0.3, -0.25) is 9.59 Å². The summed E-state index contributed by atoms with van der Waals surface area (Å²) in [5, 5.41) is 2.88. The Balaban J connectivity index is 1.95. The highest BCUT2D eigenvalue weighted by molar-refractivity contribution is 5.94. The van der Waals surface area contributed by atoms with Crippen molar-refractivity contribution >= 4 is 16.9 Å². The van der Waals surface area contributed by atoms with Gasteiger partial charge in [0.1, 0.15) is 5.69 Å². The van der Waals surface area contributed by atoms with Crippen LogP contribution < -0.4 is 10.9 Å². The lowest BCUT2D eigenvalue weighted by Gasteiger charge is -2.09. The van der Waals surface area contributed by atoms with Crippen LogP contribution in [0.25, 0.3) is 22.3 Å². The van der Waals surface area contributed by atoms with Gasteiger partial charge >= 0.3 is 0 Å². The highest BCUT2D eigenvalue weighted by atomic mass is 16.1. The molecule has 0 aliphatic rings. The fraction of sp³-hybridized carbons (Fsp3) is 0.250. The quantitative estimate of drug-likeness (QED) is 0.797. The van der Waals surface area contributed by atoms with Gasteiger partial charge in [0.25, 0.3) is 11.5 Å². The van der Waals surface area contributed by atoms with Crippen molar-refractivity contribution in [2.75, 3.05) is 6.54 Å². The summed E-state index contributed by atoms with van der Waals surface area (Å²) in [7, 11) is 1.74. The molecular weight excluding hydrogens is 314 g/mol. The molecule has 25 heavy (non-hydrogen) atoms. The van der Waals surface area contributed by atoms with Gasteiger partial charge in [-0.25, -0.2) is 4.98 Å². The Morgan fingerprint density at radius 2 is 1.80 bits per heavy atom. The smallest absolute Gasteiger partial charge is 0.277 e. The summed E-state index contributed by atoms with van der Waals surface area (Å²) in [6.45, 7) is 4.72. The Morgan fingerprint density at radius 1 is 1.12 bits per heavy atom. The average molecular weight is 335 g/mol. The zero-order valence-corrected chi connectivity index (χ0v) is 14.6. The summed E-state index contributed by atoms with van der Waals surface area (Å²) in [5.74, 6) is 0.285. The maximum atomic E-state index is 12.6. The lowest BCUT2D eigenvalue weighted by molar-refractivity contribution is 0.0949. The van der Waals surface area contributed by atoms with E-state index >= 15 is 0 Å². The van der Waals surface area contributed by atoms with Crippen LogP contribution in [0.3, 0.4) is 0 Å². The van der Waals surface area contributed by atoms with Crippen LogP contribution in [0.15, 0.2) is 53.3 Å². The maximum Gasteiger partial charge on any atom is 0.277 e. The van der Waals surface area contributed by atoms with Gasteiger partial charge in [-0.2, -0.15) is 0 Å². The molecule has 2 aromatic carbocycles. The number of aromatic nitrogens is 2. The number of aryl methyl sites for hydroxylation is 1. The molecule has 0 fully saturated rings. The summed E-state index contributed by atoms with van der Waals surface area (Å²) in [6.07, 6.45) is 0. The summed E-state index contributed by atoms with van der Waals surface area (Å²) in [6, 6.07) is 14.5. The van der Waals surface area contributed by atoms with Gasteiger partial charge in [0.15, 0.2) is 0 Å². The third-order valence-corrected chi connectivity index (χ3v) is 4.07. The van der Waals surface area contributed by atoms with Crippen molar-refractivity contribution in [1.29, 1.82) is 0 Å². The van der Waals surface area contributed by atoms with Crippen LogP contribution in [0.1, 0.15) is 24.2 Å². The minimum Gasteiger partial charge on any atom is -0.352 e. The number of carbonyl (C=O) groups is 1. The number of nitrogens with one attached hydrogen (secondary N) is 1. The average Bonchev–Trinajstić information content (AvgIpc) is 2.63. The highest BCUT2D eigenvalue weighted by Crippen LogP contribution is 2.18. The Hall–Kier alpha value is -2.95. The van der Waals surface area contributed by atoms with Crippen molar-refractivity contribution in [3.05, 3.63) is 64.4 Å². The van der Waals surface area contributed by atoms with E-state index in [2.05, 4.69) is 10.3 Å². The van der Waals surface area contributed by atoms with E-state index < -0.39 is 0 Å². The molecule has 0 saturated carbocycles. The minimum atomic E-state index is -0.157. The molecule has 5 heteroatoms. The Kier molecular flexibility index (Phi) is 4.65. The predicted molar refractivity (Wildman–Crippen MR) is 99.6 cm³/mol. The molecule has 1 aromatic heterocycles. The third kappa shape index (κ3) is 3.45. The van der Waals surface area contributed by atoms with Gasteiger partial charge in [-0.15, -0.1) is 0 Å². The van der Waals surface area contributed by atoms with Gasteiger partial charge in [0.2, 0.25) is 0 Å². The summed E-state index contributed by atoms with van der Waals surface area (Å²) in [5.41, 5.74) is 3.05. The van der Waals surface area contributed by atoms with E-state index in [9.17, 15) is 9.59 Å². The van der Waals surface area contributed by atoms with Crippen molar-refractivity contribution in [3.63, 3.8) is 0 Å². The van der Waals surface area contributed by atoms with E-state index in [0.29, 0.717) is 29.3 Å². The van der Waals surface area contributed by atoms with Crippen molar-refractivity contribution < 1.29 is 4.79 Å². The molecular formula is C20H21N3O2. The fourth-order valence-corrected chi connectivity index (χ4v) is 2.65. The first-order valence-electron chi connectivity index (χ1n) is 8.32. The van der Waals surface area contributed by atoms with Gasteiger partial charge in [0.05, 0.1) is 11.0 Å². The van der Waals surface area contributed by atoms with E-state index in [1.807, 2.05) is 38.1 Å². The number of nitrogens with zero attached hydrogens (tertiary/aromatic N) is 2. The Bertz CT molecular complexity index is 972. The van der Waals surface area contributed by atoms with Crippen LogP contribution in [0, 0.1) is 5.92 Å². The SMILES string of the molecule is CC(C)CNC(=O)c1ccc(-c2nc3ccccc3n(C)c2=O)cc1. The molecule has 0 atom stereocenters. The van der Waals surface area contributed by atoms with Crippen LogP contribution in [-0.2, 0) is 7.05 Å². The number of carbonyl (C=O) groups excluding carboxylic acids is 1. The number of rotatable bonds is 4. The normalized spacial score (nSPS) is 11.0. The largest absolute Gasteiger partial charge is 0.352 e. The van der Waals surface area contributed by atoms with E-state index in [1.165, 1.54) is 0 Å². The van der Waals surface area contributed by atoms with Gasteiger partial charge in [0, 0.05) is 24.7 Å². The molecule has 0 radical (unpaired) electrons. The number of hydrogen-bond donors (Lipinski definition) is 1.